The van der Waals surface area contributed by atoms with Gasteiger partial charge in [-0.15, -0.1) is 0 Å². The first-order chi connectivity index (χ1) is 8.89. The number of hydrogen-bond donors (Lipinski definition) is 2. The fourth-order valence-electron chi connectivity index (χ4n) is 2.02. The first kappa shape index (κ1) is 16.4. The van der Waals surface area contributed by atoms with Gasteiger partial charge in [0.1, 0.15) is 0 Å². The molecule has 1 aliphatic heterocycles. The quantitative estimate of drug-likeness (QED) is 0.626. The lowest BCUT2D eigenvalue weighted by molar-refractivity contribution is -0.136. The zero-order chi connectivity index (χ0) is 14.5. The normalized spacial score (nSPS) is 21.7. The van der Waals surface area contributed by atoms with Crippen molar-refractivity contribution in [1.82, 2.24) is 9.62 Å². The average molecular weight is 294 g/mol. The van der Waals surface area contributed by atoms with Crippen LogP contribution in [0.4, 0.5) is 0 Å². The van der Waals surface area contributed by atoms with E-state index in [-0.39, 0.29) is 19.2 Å². The lowest BCUT2D eigenvalue weighted by Crippen LogP contribution is -2.47. The Bertz CT molecular complexity index is 392. The van der Waals surface area contributed by atoms with Gasteiger partial charge in [0.25, 0.3) is 0 Å². The van der Waals surface area contributed by atoms with E-state index in [1.165, 1.54) is 18.3 Å². The van der Waals surface area contributed by atoms with Crippen molar-refractivity contribution in [3.8, 4) is 0 Å². The second-order valence-electron chi connectivity index (χ2n) is 4.67. The molecule has 0 aliphatic carbocycles. The van der Waals surface area contributed by atoms with E-state index >= 15 is 0 Å². The summed E-state index contributed by atoms with van der Waals surface area (Å²) in [4.78, 5) is 10.9. The van der Waals surface area contributed by atoms with Crippen LogP contribution in [0.15, 0.2) is 0 Å². The summed E-state index contributed by atoms with van der Waals surface area (Å²) in [5.41, 5.74) is 0. The Kier molecular flexibility index (Phi) is 6.18. The second-order valence-corrected chi connectivity index (χ2v) is 6.92. The van der Waals surface area contributed by atoms with Gasteiger partial charge < -0.3 is 15.2 Å². The highest BCUT2D eigenvalue weighted by atomic mass is 32.2. The maximum absolute atomic E-state index is 12.2. The summed E-state index contributed by atoms with van der Waals surface area (Å²) in [6, 6.07) is 0.0904. The SMILES string of the molecule is COCCN(CC1CCCN1)S(=O)(=O)C(C)C(=O)O. The number of nitrogens with one attached hydrogen (secondary N) is 1. The topological polar surface area (TPSA) is 95.9 Å². The van der Waals surface area contributed by atoms with Gasteiger partial charge in [-0.25, -0.2) is 8.42 Å². The number of nitrogens with zero attached hydrogens (tertiary/aromatic N) is 1. The number of carbonyl (C=O) groups is 1. The molecule has 0 bridgehead atoms. The van der Waals surface area contributed by atoms with Crippen LogP contribution in [0.2, 0.25) is 0 Å². The summed E-state index contributed by atoms with van der Waals surface area (Å²) in [6.45, 7) is 2.78. The van der Waals surface area contributed by atoms with Crippen LogP contribution in [0.25, 0.3) is 0 Å². The van der Waals surface area contributed by atoms with Crippen LogP contribution >= 0.6 is 0 Å². The Balaban J connectivity index is 2.78. The van der Waals surface area contributed by atoms with Crippen LogP contribution in [-0.2, 0) is 19.6 Å². The number of hydrogen-bond acceptors (Lipinski definition) is 5. The zero-order valence-electron chi connectivity index (χ0n) is 11.3. The zero-order valence-corrected chi connectivity index (χ0v) is 12.1. The second kappa shape index (κ2) is 7.18. The van der Waals surface area contributed by atoms with Crippen molar-refractivity contribution in [2.75, 3.05) is 33.4 Å². The van der Waals surface area contributed by atoms with Crippen LogP contribution < -0.4 is 5.32 Å². The third-order valence-electron chi connectivity index (χ3n) is 3.29. The number of methoxy groups -OCH3 is 1. The molecule has 2 unspecified atom stereocenters. The summed E-state index contributed by atoms with van der Waals surface area (Å²) < 4.78 is 30.6. The molecule has 1 aliphatic rings. The summed E-state index contributed by atoms with van der Waals surface area (Å²) in [7, 11) is -2.36. The standard InChI is InChI=1S/C11H22N2O5S/c1-9(11(14)15)19(16,17)13(6-7-18-2)8-10-4-3-5-12-10/h9-10,12H,3-8H2,1-2H3,(H,14,15). The highest BCUT2D eigenvalue weighted by Crippen LogP contribution is 2.14. The summed E-state index contributed by atoms with van der Waals surface area (Å²) >= 11 is 0. The number of aliphatic carboxylic acids is 1. The number of rotatable bonds is 8. The smallest absolute Gasteiger partial charge is 0.323 e. The Labute approximate surface area is 114 Å². The molecule has 2 N–H and O–H groups in total. The van der Waals surface area contributed by atoms with Crippen molar-refractivity contribution >= 4 is 16.0 Å². The largest absolute Gasteiger partial charge is 0.480 e. The number of sulfonamides is 1. The minimum Gasteiger partial charge on any atom is -0.480 e. The number of ether oxygens (including phenoxy) is 1. The molecule has 0 aromatic heterocycles. The van der Waals surface area contributed by atoms with Crippen LogP contribution in [0, 0.1) is 0 Å². The molecule has 0 saturated carbocycles. The van der Waals surface area contributed by atoms with E-state index in [0.29, 0.717) is 6.54 Å². The van der Waals surface area contributed by atoms with Gasteiger partial charge in [-0.2, -0.15) is 4.31 Å². The highest BCUT2D eigenvalue weighted by molar-refractivity contribution is 7.90. The van der Waals surface area contributed by atoms with Crippen LogP contribution in [-0.4, -0.2) is 68.4 Å². The molecule has 1 fully saturated rings. The predicted octanol–water partition coefficient (Wildman–Crippen LogP) is -0.510. The first-order valence-electron chi connectivity index (χ1n) is 6.33. The van der Waals surface area contributed by atoms with E-state index in [4.69, 9.17) is 9.84 Å². The van der Waals surface area contributed by atoms with E-state index in [1.807, 2.05) is 0 Å². The van der Waals surface area contributed by atoms with Gasteiger partial charge in [0, 0.05) is 26.2 Å². The van der Waals surface area contributed by atoms with Crippen molar-refractivity contribution < 1.29 is 23.1 Å². The van der Waals surface area contributed by atoms with E-state index in [0.717, 1.165) is 19.4 Å². The Morgan fingerprint density at radius 3 is 2.74 bits per heavy atom. The molecule has 112 valence electrons. The van der Waals surface area contributed by atoms with Gasteiger partial charge in [0.15, 0.2) is 5.25 Å². The molecular formula is C11H22N2O5S. The molecular weight excluding hydrogens is 272 g/mol. The fraction of sp³-hybridized carbons (Fsp3) is 0.909. The van der Waals surface area contributed by atoms with Crippen LogP contribution in [0.5, 0.6) is 0 Å². The average Bonchev–Trinajstić information content (AvgIpc) is 2.85. The van der Waals surface area contributed by atoms with Gasteiger partial charge in [0.2, 0.25) is 10.0 Å². The summed E-state index contributed by atoms with van der Waals surface area (Å²) in [5.74, 6) is -1.33. The fourth-order valence-corrected chi connectivity index (χ4v) is 3.44. The van der Waals surface area contributed by atoms with Crippen molar-refractivity contribution in [2.45, 2.75) is 31.1 Å². The molecule has 0 aromatic carbocycles. The molecule has 0 aromatic rings. The number of carboxylic acid groups (broad SMARTS) is 1. The lowest BCUT2D eigenvalue weighted by Gasteiger charge is -2.26. The molecule has 1 rings (SSSR count). The van der Waals surface area contributed by atoms with Gasteiger partial charge in [-0.1, -0.05) is 0 Å². The summed E-state index contributed by atoms with van der Waals surface area (Å²) in [5, 5.41) is 10.7. The Hall–Kier alpha value is -0.700. The monoisotopic (exact) mass is 294 g/mol. The third kappa shape index (κ3) is 4.41. The molecule has 0 amide bonds. The van der Waals surface area contributed by atoms with E-state index in [2.05, 4.69) is 5.32 Å². The molecule has 1 heterocycles. The van der Waals surface area contributed by atoms with Gasteiger partial charge in [-0.05, 0) is 26.3 Å². The van der Waals surface area contributed by atoms with Gasteiger partial charge >= 0.3 is 5.97 Å². The Morgan fingerprint density at radius 2 is 2.26 bits per heavy atom. The van der Waals surface area contributed by atoms with Crippen molar-refractivity contribution in [1.29, 1.82) is 0 Å². The highest BCUT2D eigenvalue weighted by Gasteiger charge is 2.35. The van der Waals surface area contributed by atoms with E-state index < -0.39 is 21.2 Å². The van der Waals surface area contributed by atoms with E-state index in [1.54, 1.807) is 0 Å². The minimum absolute atomic E-state index is 0.0904. The van der Waals surface area contributed by atoms with Crippen molar-refractivity contribution in [2.24, 2.45) is 0 Å². The number of carboxylic acids is 1. The molecule has 1 saturated heterocycles. The molecule has 7 nitrogen and oxygen atoms in total. The maximum atomic E-state index is 12.2. The summed E-state index contributed by atoms with van der Waals surface area (Å²) in [6.07, 6.45) is 1.91. The van der Waals surface area contributed by atoms with E-state index in [9.17, 15) is 13.2 Å². The molecule has 0 radical (unpaired) electrons. The van der Waals surface area contributed by atoms with Gasteiger partial charge in [-0.3, -0.25) is 4.79 Å². The van der Waals surface area contributed by atoms with Crippen LogP contribution in [0.3, 0.4) is 0 Å². The minimum atomic E-state index is -3.85. The third-order valence-corrected chi connectivity index (χ3v) is 5.43. The van der Waals surface area contributed by atoms with Crippen molar-refractivity contribution in [3.05, 3.63) is 0 Å². The van der Waals surface area contributed by atoms with Crippen LogP contribution in [0.1, 0.15) is 19.8 Å². The predicted molar refractivity (Wildman–Crippen MR) is 70.5 cm³/mol. The Morgan fingerprint density at radius 1 is 1.58 bits per heavy atom. The molecule has 0 spiro atoms. The maximum Gasteiger partial charge on any atom is 0.323 e. The van der Waals surface area contributed by atoms with Crippen molar-refractivity contribution in [3.63, 3.8) is 0 Å². The van der Waals surface area contributed by atoms with Gasteiger partial charge in [0.05, 0.1) is 6.61 Å². The lowest BCUT2D eigenvalue weighted by atomic mass is 10.2. The molecule has 19 heavy (non-hydrogen) atoms. The molecule has 2 atom stereocenters. The first-order valence-corrected chi connectivity index (χ1v) is 7.84. The molecule has 8 heteroatoms.